The van der Waals surface area contributed by atoms with Gasteiger partial charge in [0.25, 0.3) is 0 Å². The maximum Gasteiger partial charge on any atom is 0.0625 e. The fourth-order valence-corrected chi connectivity index (χ4v) is 2.85. The molecule has 0 saturated heterocycles. The van der Waals surface area contributed by atoms with Crippen molar-refractivity contribution in [3.05, 3.63) is 18.0 Å². The third-order valence-electron chi connectivity index (χ3n) is 3.97. The van der Waals surface area contributed by atoms with E-state index in [2.05, 4.69) is 29.0 Å². The largest absolute Gasteiger partial charge is 0.393 e. The summed E-state index contributed by atoms with van der Waals surface area (Å²) in [7, 11) is 0. The lowest BCUT2D eigenvalue weighted by Gasteiger charge is -2.21. The average molecular weight is 250 g/mol. The van der Waals surface area contributed by atoms with Crippen LogP contribution in [-0.2, 0) is 6.42 Å². The van der Waals surface area contributed by atoms with Crippen molar-refractivity contribution < 1.29 is 5.11 Å². The van der Waals surface area contributed by atoms with Crippen molar-refractivity contribution in [3.63, 3.8) is 0 Å². The van der Waals surface area contributed by atoms with Crippen LogP contribution in [-0.4, -0.2) is 21.0 Å². The number of aromatic nitrogens is 2. The van der Waals surface area contributed by atoms with Gasteiger partial charge in [0.05, 0.1) is 17.8 Å². The molecule has 1 aliphatic rings. The number of rotatable bonds is 6. The molecule has 0 radical (unpaired) electrons. The van der Waals surface area contributed by atoms with E-state index in [0.717, 1.165) is 31.4 Å². The van der Waals surface area contributed by atoms with Crippen LogP contribution in [0.4, 0.5) is 0 Å². The second-order valence-corrected chi connectivity index (χ2v) is 5.56. The molecule has 1 atom stereocenters. The van der Waals surface area contributed by atoms with Crippen molar-refractivity contribution in [2.24, 2.45) is 0 Å². The van der Waals surface area contributed by atoms with Gasteiger partial charge in [-0.25, -0.2) is 0 Å². The molecule has 1 fully saturated rings. The maximum absolute atomic E-state index is 9.73. The normalized spacial score (nSPS) is 19.0. The fraction of sp³-hybridized carbons (Fsp3) is 0.800. The molecule has 1 N–H and O–H groups in total. The van der Waals surface area contributed by atoms with Crippen LogP contribution in [0.5, 0.6) is 0 Å². The summed E-state index contributed by atoms with van der Waals surface area (Å²) in [5, 5.41) is 14.4. The zero-order chi connectivity index (χ0) is 12.8. The summed E-state index contributed by atoms with van der Waals surface area (Å²) in [6.07, 6.45) is 12.3. The third-order valence-corrected chi connectivity index (χ3v) is 3.97. The highest BCUT2D eigenvalue weighted by Gasteiger charge is 2.16. The molecule has 1 aromatic rings. The molecule has 0 spiro atoms. The molecule has 0 bridgehead atoms. The van der Waals surface area contributed by atoms with Crippen molar-refractivity contribution in [1.29, 1.82) is 0 Å². The van der Waals surface area contributed by atoms with Gasteiger partial charge in [0.2, 0.25) is 0 Å². The van der Waals surface area contributed by atoms with Gasteiger partial charge >= 0.3 is 0 Å². The fourth-order valence-electron chi connectivity index (χ4n) is 2.85. The van der Waals surface area contributed by atoms with E-state index in [1.807, 2.05) is 0 Å². The zero-order valence-electron chi connectivity index (χ0n) is 11.5. The molecule has 3 heteroatoms. The molecule has 18 heavy (non-hydrogen) atoms. The Balaban J connectivity index is 1.82. The standard InChI is InChI=1S/C15H26N2O/c1-2-6-15(18)10-9-13-11-12-17(16-13)14-7-4-3-5-8-14/h11-12,14-15,18H,2-10H2,1H3. The van der Waals surface area contributed by atoms with Gasteiger partial charge in [-0.2, -0.15) is 5.10 Å². The first-order chi connectivity index (χ1) is 8.79. The second-order valence-electron chi connectivity index (χ2n) is 5.56. The van der Waals surface area contributed by atoms with Gasteiger partial charge in [-0.05, 0) is 38.2 Å². The molecular weight excluding hydrogens is 224 g/mol. The van der Waals surface area contributed by atoms with Gasteiger partial charge in [0.1, 0.15) is 0 Å². The number of aliphatic hydroxyl groups excluding tert-OH is 1. The molecule has 1 unspecified atom stereocenters. The highest BCUT2D eigenvalue weighted by molar-refractivity contribution is 5.00. The van der Waals surface area contributed by atoms with Crippen LogP contribution >= 0.6 is 0 Å². The van der Waals surface area contributed by atoms with Crippen LogP contribution in [0.3, 0.4) is 0 Å². The molecule has 1 aromatic heterocycles. The number of hydrogen-bond acceptors (Lipinski definition) is 2. The van der Waals surface area contributed by atoms with E-state index >= 15 is 0 Å². The minimum absolute atomic E-state index is 0.158. The predicted octanol–water partition coefficient (Wildman–Crippen LogP) is 3.48. The number of nitrogens with zero attached hydrogens (tertiary/aromatic N) is 2. The number of aryl methyl sites for hydroxylation is 1. The molecule has 0 aliphatic heterocycles. The van der Waals surface area contributed by atoms with E-state index in [4.69, 9.17) is 0 Å². The molecule has 0 aromatic carbocycles. The summed E-state index contributed by atoms with van der Waals surface area (Å²) >= 11 is 0. The highest BCUT2D eigenvalue weighted by atomic mass is 16.3. The van der Waals surface area contributed by atoms with Crippen LogP contribution in [0.2, 0.25) is 0 Å². The van der Waals surface area contributed by atoms with Crippen molar-refractivity contribution in [3.8, 4) is 0 Å². The van der Waals surface area contributed by atoms with Gasteiger partial charge < -0.3 is 5.11 Å². The van der Waals surface area contributed by atoms with Crippen molar-refractivity contribution in [2.75, 3.05) is 0 Å². The first kappa shape index (κ1) is 13.6. The van der Waals surface area contributed by atoms with Gasteiger partial charge in [0.15, 0.2) is 0 Å². The summed E-state index contributed by atoms with van der Waals surface area (Å²) in [6.45, 7) is 2.11. The third kappa shape index (κ3) is 3.84. The minimum Gasteiger partial charge on any atom is -0.393 e. The Morgan fingerprint density at radius 2 is 2.11 bits per heavy atom. The van der Waals surface area contributed by atoms with Crippen LogP contribution in [0.15, 0.2) is 12.3 Å². The Hall–Kier alpha value is -0.830. The lowest BCUT2D eigenvalue weighted by atomic mass is 9.96. The predicted molar refractivity (Wildman–Crippen MR) is 73.6 cm³/mol. The SMILES string of the molecule is CCCC(O)CCc1ccn(C2CCCCC2)n1. The zero-order valence-corrected chi connectivity index (χ0v) is 11.5. The van der Waals surface area contributed by atoms with Crippen LogP contribution in [0.1, 0.15) is 70.0 Å². The Labute approximate surface area is 110 Å². The van der Waals surface area contributed by atoms with Gasteiger partial charge in [-0.3, -0.25) is 4.68 Å². The van der Waals surface area contributed by atoms with E-state index in [1.54, 1.807) is 0 Å². The summed E-state index contributed by atoms with van der Waals surface area (Å²) in [5.41, 5.74) is 1.13. The Morgan fingerprint density at radius 3 is 2.83 bits per heavy atom. The first-order valence-corrected chi connectivity index (χ1v) is 7.51. The molecule has 3 nitrogen and oxygen atoms in total. The Morgan fingerprint density at radius 1 is 1.33 bits per heavy atom. The van der Waals surface area contributed by atoms with E-state index in [0.29, 0.717) is 6.04 Å². The van der Waals surface area contributed by atoms with Crippen LogP contribution < -0.4 is 0 Å². The summed E-state index contributed by atoms with van der Waals surface area (Å²) < 4.78 is 2.15. The lowest BCUT2D eigenvalue weighted by Crippen LogP contribution is -2.13. The molecular formula is C15H26N2O. The maximum atomic E-state index is 9.73. The van der Waals surface area contributed by atoms with Gasteiger partial charge in [-0.15, -0.1) is 0 Å². The summed E-state index contributed by atoms with van der Waals surface area (Å²) in [4.78, 5) is 0. The molecule has 0 amide bonds. The Bertz CT molecular complexity index is 342. The Kier molecular flexibility index (Phi) is 5.24. The molecule has 1 aliphatic carbocycles. The minimum atomic E-state index is -0.158. The molecule has 2 rings (SSSR count). The van der Waals surface area contributed by atoms with Crippen LogP contribution in [0.25, 0.3) is 0 Å². The highest BCUT2D eigenvalue weighted by Crippen LogP contribution is 2.27. The van der Waals surface area contributed by atoms with Crippen LogP contribution in [0, 0.1) is 0 Å². The van der Waals surface area contributed by atoms with Gasteiger partial charge in [-0.1, -0.05) is 32.6 Å². The van der Waals surface area contributed by atoms with Gasteiger partial charge in [0, 0.05) is 6.20 Å². The number of hydrogen-bond donors (Lipinski definition) is 1. The number of aliphatic hydroxyl groups is 1. The van der Waals surface area contributed by atoms with E-state index in [9.17, 15) is 5.11 Å². The van der Waals surface area contributed by atoms with E-state index in [1.165, 1.54) is 32.1 Å². The van der Waals surface area contributed by atoms with Crippen molar-refractivity contribution in [2.45, 2.75) is 76.9 Å². The lowest BCUT2D eigenvalue weighted by molar-refractivity contribution is 0.153. The quantitative estimate of drug-likeness (QED) is 0.839. The molecule has 102 valence electrons. The summed E-state index contributed by atoms with van der Waals surface area (Å²) in [5.74, 6) is 0. The average Bonchev–Trinajstić information content (AvgIpc) is 2.87. The smallest absolute Gasteiger partial charge is 0.0625 e. The topological polar surface area (TPSA) is 38.0 Å². The van der Waals surface area contributed by atoms with Crippen molar-refractivity contribution >= 4 is 0 Å². The first-order valence-electron chi connectivity index (χ1n) is 7.51. The molecule has 1 saturated carbocycles. The van der Waals surface area contributed by atoms with E-state index < -0.39 is 0 Å². The molecule has 1 heterocycles. The second kappa shape index (κ2) is 6.93. The van der Waals surface area contributed by atoms with E-state index in [-0.39, 0.29) is 6.10 Å². The monoisotopic (exact) mass is 250 g/mol. The van der Waals surface area contributed by atoms with Crippen molar-refractivity contribution in [1.82, 2.24) is 9.78 Å². The summed E-state index contributed by atoms with van der Waals surface area (Å²) in [6, 6.07) is 2.74.